The number of hydrogen-bond donors (Lipinski definition) is 6. The Morgan fingerprint density at radius 1 is 0.553 bits per heavy atom. The summed E-state index contributed by atoms with van der Waals surface area (Å²) in [6, 6.07) is 15.2. The maximum Gasteiger partial charge on any atom is 0.139 e. The fourth-order valence-electron chi connectivity index (χ4n) is 4.96. The SMILES string of the molecule is CCCC(=C(O)[C@@H](O)[C@@H](O)[C@H](O)[C@@H](O)C(O)=C(CCC)c1ccccc1CCC)c1ccccc1CCC. The lowest BCUT2D eigenvalue weighted by molar-refractivity contribution is -0.100. The van der Waals surface area contributed by atoms with E-state index in [0.29, 0.717) is 36.8 Å². The van der Waals surface area contributed by atoms with Gasteiger partial charge in [-0.05, 0) is 59.1 Å². The van der Waals surface area contributed by atoms with E-state index in [1.54, 1.807) is 0 Å². The zero-order valence-electron chi connectivity index (χ0n) is 23.3. The van der Waals surface area contributed by atoms with Crippen LogP contribution in [0.3, 0.4) is 0 Å². The van der Waals surface area contributed by atoms with Gasteiger partial charge in [0, 0.05) is 0 Å². The smallest absolute Gasteiger partial charge is 0.139 e. The molecular formula is C32H46O6. The predicted octanol–water partition coefficient (Wildman–Crippen LogP) is 5.87. The van der Waals surface area contributed by atoms with Gasteiger partial charge in [0.25, 0.3) is 0 Å². The second-order valence-corrected chi connectivity index (χ2v) is 9.91. The summed E-state index contributed by atoms with van der Waals surface area (Å²) in [4.78, 5) is 0. The molecule has 2 aromatic carbocycles. The maximum absolute atomic E-state index is 11.1. The number of rotatable bonds is 15. The van der Waals surface area contributed by atoms with E-state index >= 15 is 0 Å². The van der Waals surface area contributed by atoms with Crippen LogP contribution in [0.25, 0.3) is 11.1 Å². The molecule has 0 bridgehead atoms. The van der Waals surface area contributed by atoms with E-state index in [2.05, 4.69) is 13.8 Å². The van der Waals surface area contributed by atoms with Gasteiger partial charge in [0.05, 0.1) is 0 Å². The van der Waals surface area contributed by atoms with Gasteiger partial charge in [-0.3, -0.25) is 0 Å². The number of hydrogen-bond acceptors (Lipinski definition) is 6. The van der Waals surface area contributed by atoms with Gasteiger partial charge < -0.3 is 30.6 Å². The van der Waals surface area contributed by atoms with Crippen LogP contribution in [0.15, 0.2) is 60.0 Å². The van der Waals surface area contributed by atoms with Crippen molar-refractivity contribution in [3.05, 3.63) is 82.3 Å². The molecule has 0 aliphatic heterocycles. The molecular weight excluding hydrogens is 480 g/mol. The number of allylic oxidation sites excluding steroid dienone is 2. The molecule has 38 heavy (non-hydrogen) atoms. The average Bonchev–Trinajstić information content (AvgIpc) is 2.93. The molecule has 0 amide bonds. The molecule has 6 N–H and O–H groups in total. The van der Waals surface area contributed by atoms with Crippen LogP contribution in [0.5, 0.6) is 0 Å². The largest absolute Gasteiger partial charge is 0.509 e. The first-order valence-corrected chi connectivity index (χ1v) is 14.0. The Morgan fingerprint density at radius 3 is 1.21 bits per heavy atom. The van der Waals surface area contributed by atoms with E-state index in [4.69, 9.17) is 0 Å². The van der Waals surface area contributed by atoms with Gasteiger partial charge in [-0.2, -0.15) is 0 Å². The minimum atomic E-state index is -1.94. The molecule has 210 valence electrons. The number of aliphatic hydroxyl groups is 6. The van der Waals surface area contributed by atoms with Crippen molar-refractivity contribution in [2.75, 3.05) is 0 Å². The monoisotopic (exact) mass is 526 g/mol. The number of benzene rings is 2. The molecule has 0 saturated carbocycles. The topological polar surface area (TPSA) is 121 Å². The summed E-state index contributed by atoms with van der Waals surface area (Å²) in [7, 11) is 0. The van der Waals surface area contributed by atoms with E-state index in [-0.39, 0.29) is 0 Å². The Morgan fingerprint density at radius 2 is 0.895 bits per heavy atom. The van der Waals surface area contributed by atoms with E-state index in [1.165, 1.54) is 0 Å². The Hall–Kier alpha value is -2.64. The van der Waals surface area contributed by atoms with Gasteiger partial charge >= 0.3 is 0 Å². The van der Waals surface area contributed by atoms with Crippen LogP contribution in [0.4, 0.5) is 0 Å². The summed E-state index contributed by atoms with van der Waals surface area (Å²) in [5.41, 5.74) is 4.59. The third-order valence-corrected chi connectivity index (χ3v) is 6.90. The van der Waals surface area contributed by atoms with Crippen LogP contribution in [-0.2, 0) is 12.8 Å². The van der Waals surface area contributed by atoms with Gasteiger partial charge in [0.15, 0.2) is 0 Å². The Bertz CT molecular complexity index is 988. The van der Waals surface area contributed by atoms with Gasteiger partial charge in [-0.15, -0.1) is 0 Å². The summed E-state index contributed by atoms with van der Waals surface area (Å²) in [6.07, 6.45) is -1.92. The molecule has 2 aromatic rings. The van der Waals surface area contributed by atoms with Crippen molar-refractivity contribution < 1.29 is 30.6 Å². The normalized spacial score (nSPS) is 16.3. The van der Waals surface area contributed by atoms with Crippen LogP contribution < -0.4 is 0 Å². The van der Waals surface area contributed by atoms with Crippen molar-refractivity contribution in [2.24, 2.45) is 0 Å². The third kappa shape index (κ3) is 7.70. The fraction of sp³-hybridized carbons (Fsp3) is 0.500. The molecule has 0 saturated heterocycles. The Kier molecular flexibility index (Phi) is 13.0. The number of aryl methyl sites for hydroxylation is 2. The summed E-state index contributed by atoms with van der Waals surface area (Å²) in [6.45, 7) is 8.02. The van der Waals surface area contributed by atoms with Crippen LogP contribution in [0.1, 0.15) is 88.5 Å². The Balaban J connectivity index is 2.45. The van der Waals surface area contributed by atoms with Gasteiger partial charge in [-0.1, -0.05) is 102 Å². The highest BCUT2D eigenvalue weighted by molar-refractivity contribution is 5.71. The molecule has 4 atom stereocenters. The molecule has 0 heterocycles. The molecule has 0 unspecified atom stereocenters. The van der Waals surface area contributed by atoms with Crippen molar-refractivity contribution in [3.8, 4) is 0 Å². The van der Waals surface area contributed by atoms with E-state index in [9.17, 15) is 30.6 Å². The van der Waals surface area contributed by atoms with Crippen LogP contribution in [0, 0.1) is 0 Å². The molecule has 0 aliphatic rings. The summed E-state index contributed by atoms with van der Waals surface area (Å²) >= 11 is 0. The minimum absolute atomic E-state index is 0.445. The van der Waals surface area contributed by atoms with Crippen molar-refractivity contribution in [1.82, 2.24) is 0 Å². The van der Waals surface area contributed by atoms with Crippen molar-refractivity contribution in [2.45, 2.75) is 103 Å². The number of aliphatic hydroxyl groups excluding tert-OH is 6. The molecule has 0 spiro atoms. The lowest BCUT2D eigenvalue weighted by atomic mass is 9.88. The third-order valence-electron chi connectivity index (χ3n) is 6.90. The predicted molar refractivity (Wildman–Crippen MR) is 154 cm³/mol. The Labute approximate surface area is 227 Å². The van der Waals surface area contributed by atoms with Crippen LogP contribution in [0.2, 0.25) is 0 Å². The van der Waals surface area contributed by atoms with Crippen molar-refractivity contribution in [3.63, 3.8) is 0 Å². The zero-order chi connectivity index (χ0) is 28.2. The summed E-state index contributed by atoms with van der Waals surface area (Å²) < 4.78 is 0. The van der Waals surface area contributed by atoms with Crippen molar-refractivity contribution in [1.29, 1.82) is 0 Å². The summed E-state index contributed by atoms with van der Waals surface area (Å²) in [5.74, 6) is -0.889. The first-order valence-electron chi connectivity index (χ1n) is 14.0. The quantitative estimate of drug-likeness (QED) is 0.161. The summed E-state index contributed by atoms with van der Waals surface area (Å²) in [5, 5.41) is 65.6. The molecule has 2 rings (SSSR count). The lowest BCUT2D eigenvalue weighted by Gasteiger charge is -2.28. The molecule has 0 fully saturated rings. The first-order chi connectivity index (χ1) is 18.2. The van der Waals surface area contributed by atoms with Gasteiger partial charge in [0.2, 0.25) is 0 Å². The van der Waals surface area contributed by atoms with Gasteiger partial charge in [0.1, 0.15) is 35.9 Å². The zero-order valence-corrected chi connectivity index (χ0v) is 23.3. The van der Waals surface area contributed by atoms with E-state index in [1.807, 2.05) is 62.4 Å². The molecule has 0 radical (unpaired) electrons. The molecule has 0 aromatic heterocycles. The standard InChI is InChI=1S/C32H46O6/c1-5-13-21-17-9-11-19-23(21)25(15-7-3)27(33)29(35)31(37)32(38)30(36)28(34)26(16-8-4)24-20-12-10-18-22(24)14-6-2/h9-12,17-20,29-38H,5-8,13-16H2,1-4H3/t29-,30+,31-,32-/m1/s1. The molecule has 0 aliphatic carbocycles. The minimum Gasteiger partial charge on any atom is -0.509 e. The van der Waals surface area contributed by atoms with Gasteiger partial charge in [-0.25, -0.2) is 0 Å². The van der Waals surface area contributed by atoms with Crippen molar-refractivity contribution >= 4 is 11.1 Å². The van der Waals surface area contributed by atoms with Crippen LogP contribution >= 0.6 is 0 Å². The highest BCUT2D eigenvalue weighted by Crippen LogP contribution is 2.32. The average molecular weight is 527 g/mol. The second-order valence-electron chi connectivity index (χ2n) is 9.91. The van der Waals surface area contributed by atoms with Crippen LogP contribution in [-0.4, -0.2) is 55.1 Å². The molecule has 6 nitrogen and oxygen atoms in total. The molecule has 6 heteroatoms. The first kappa shape index (κ1) is 31.6. The highest BCUT2D eigenvalue weighted by atomic mass is 16.4. The second kappa shape index (κ2) is 15.7. The lowest BCUT2D eigenvalue weighted by Crippen LogP contribution is -2.46. The fourth-order valence-corrected chi connectivity index (χ4v) is 4.96. The maximum atomic E-state index is 11.1. The van der Waals surface area contributed by atoms with E-state index in [0.717, 1.165) is 47.9 Å². The highest BCUT2D eigenvalue weighted by Gasteiger charge is 2.36. The van der Waals surface area contributed by atoms with E-state index < -0.39 is 35.9 Å².